The fraction of sp³-hybridized carbons (Fsp3) is 0.462. The van der Waals surface area contributed by atoms with Gasteiger partial charge in [-0.15, -0.1) is 11.8 Å². The highest BCUT2D eigenvalue weighted by atomic mass is 32.2. The summed E-state index contributed by atoms with van der Waals surface area (Å²) in [6.07, 6.45) is 2.78. The molecule has 0 aliphatic carbocycles. The van der Waals surface area contributed by atoms with Crippen LogP contribution in [-0.2, 0) is 0 Å². The van der Waals surface area contributed by atoms with Crippen molar-refractivity contribution in [1.82, 2.24) is 0 Å². The maximum absolute atomic E-state index is 8.40. The number of hydrogen-bond acceptors (Lipinski definition) is 3. The molecule has 16 heavy (non-hydrogen) atoms. The van der Waals surface area contributed by atoms with Gasteiger partial charge in [-0.25, -0.2) is 0 Å². The van der Waals surface area contributed by atoms with Crippen LogP contribution < -0.4 is 5.73 Å². The molecule has 0 heterocycles. The number of thioether (sulfide) groups is 1. The van der Waals surface area contributed by atoms with E-state index in [2.05, 4.69) is 30.3 Å². The van der Waals surface area contributed by atoms with E-state index < -0.39 is 0 Å². The first-order chi connectivity index (χ1) is 7.74. The Hall–Kier alpha value is -0.980. The van der Waals surface area contributed by atoms with Crippen LogP contribution in [0.1, 0.15) is 37.8 Å². The molecular weight excluding hydrogens is 216 g/mol. The van der Waals surface area contributed by atoms with Crippen molar-refractivity contribution in [3.05, 3.63) is 29.8 Å². The van der Waals surface area contributed by atoms with Gasteiger partial charge in [0.1, 0.15) is 0 Å². The zero-order valence-electron chi connectivity index (χ0n) is 9.65. The molecule has 2 N–H and O–H groups in total. The fourth-order valence-electron chi connectivity index (χ4n) is 1.36. The van der Waals surface area contributed by atoms with Crippen molar-refractivity contribution < 1.29 is 0 Å². The van der Waals surface area contributed by atoms with E-state index in [0.29, 0.717) is 6.42 Å². The van der Waals surface area contributed by atoms with Crippen molar-refractivity contribution in [3.63, 3.8) is 0 Å². The molecule has 3 heteroatoms. The largest absolute Gasteiger partial charge is 0.324 e. The second-order valence-electron chi connectivity index (χ2n) is 3.82. The van der Waals surface area contributed by atoms with Crippen LogP contribution in [0.25, 0.3) is 0 Å². The summed E-state index contributed by atoms with van der Waals surface area (Å²) in [5.41, 5.74) is 6.96. The molecule has 2 nitrogen and oxygen atoms in total. The molecule has 1 aromatic carbocycles. The maximum Gasteiger partial charge on any atom is 0.0621 e. The summed E-state index contributed by atoms with van der Waals surface area (Å²) in [6.45, 7) is 1.99. The quantitative estimate of drug-likeness (QED) is 0.605. The molecule has 0 bridgehead atoms. The summed E-state index contributed by atoms with van der Waals surface area (Å²) < 4.78 is 0. The molecular formula is C13H18N2S. The predicted molar refractivity (Wildman–Crippen MR) is 69.2 cm³/mol. The smallest absolute Gasteiger partial charge is 0.0621 e. The lowest BCUT2D eigenvalue weighted by atomic mass is 10.1. The maximum atomic E-state index is 8.40. The van der Waals surface area contributed by atoms with Crippen LogP contribution in [0.3, 0.4) is 0 Å². The first-order valence-electron chi connectivity index (χ1n) is 5.59. The van der Waals surface area contributed by atoms with Crippen molar-refractivity contribution in [3.8, 4) is 6.07 Å². The van der Waals surface area contributed by atoms with E-state index in [9.17, 15) is 0 Å². The number of rotatable bonds is 6. The first kappa shape index (κ1) is 13.1. The fourth-order valence-corrected chi connectivity index (χ4v) is 2.28. The average molecular weight is 234 g/mol. The molecule has 0 amide bonds. The monoisotopic (exact) mass is 234 g/mol. The Labute approximate surface area is 102 Å². The van der Waals surface area contributed by atoms with Gasteiger partial charge in [-0.2, -0.15) is 5.26 Å². The zero-order valence-corrected chi connectivity index (χ0v) is 10.5. The van der Waals surface area contributed by atoms with Crippen molar-refractivity contribution in [1.29, 1.82) is 5.26 Å². The van der Waals surface area contributed by atoms with E-state index >= 15 is 0 Å². The molecule has 0 fully saturated rings. The molecule has 1 aromatic rings. The number of nitriles is 1. The van der Waals surface area contributed by atoms with E-state index in [1.54, 1.807) is 0 Å². The molecule has 86 valence electrons. The van der Waals surface area contributed by atoms with E-state index in [1.807, 2.05) is 18.7 Å². The van der Waals surface area contributed by atoms with E-state index in [4.69, 9.17) is 11.0 Å². The van der Waals surface area contributed by atoms with Crippen LogP contribution in [0, 0.1) is 11.3 Å². The summed E-state index contributed by atoms with van der Waals surface area (Å²) in [4.78, 5) is 1.28. The highest BCUT2D eigenvalue weighted by Crippen LogP contribution is 2.21. The Morgan fingerprint density at radius 2 is 2.00 bits per heavy atom. The topological polar surface area (TPSA) is 49.8 Å². The standard InChI is InChI=1S/C13H18N2S/c1-11(15)12-5-7-13(8-6-12)16-10-4-2-3-9-14/h5-8,11H,2-4,10,15H2,1H3. The molecule has 0 saturated heterocycles. The third-order valence-electron chi connectivity index (χ3n) is 2.36. The Morgan fingerprint density at radius 1 is 1.31 bits per heavy atom. The molecule has 0 saturated carbocycles. The van der Waals surface area contributed by atoms with Gasteiger partial charge in [0, 0.05) is 17.4 Å². The normalized spacial score (nSPS) is 12.1. The van der Waals surface area contributed by atoms with Gasteiger partial charge in [0.2, 0.25) is 0 Å². The van der Waals surface area contributed by atoms with E-state index in [-0.39, 0.29) is 6.04 Å². The zero-order chi connectivity index (χ0) is 11.8. The molecule has 0 aliphatic heterocycles. The van der Waals surface area contributed by atoms with Crippen LogP contribution in [0.4, 0.5) is 0 Å². The molecule has 1 atom stereocenters. The number of nitrogens with two attached hydrogens (primary N) is 1. The number of hydrogen-bond donors (Lipinski definition) is 1. The van der Waals surface area contributed by atoms with Crippen molar-refractivity contribution >= 4 is 11.8 Å². The molecule has 0 aromatic heterocycles. The Kier molecular flexibility index (Phi) is 5.99. The third kappa shape index (κ3) is 4.69. The van der Waals surface area contributed by atoms with Gasteiger partial charge in [0.05, 0.1) is 6.07 Å². The Morgan fingerprint density at radius 3 is 2.56 bits per heavy atom. The molecule has 1 unspecified atom stereocenters. The molecule has 0 radical (unpaired) electrons. The van der Waals surface area contributed by atoms with Gasteiger partial charge in [-0.1, -0.05) is 12.1 Å². The van der Waals surface area contributed by atoms with Crippen molar-refractivity contribution in [2.45, 2.75) is 37.1 Å². The van der Waals surface area contributed by atoms with Crippen LogP contribution in [0.2, 0.25) is 0 Å². The average Bonchev–Trinajstić information content (AvgIpc) is 2.29. The van der Waals surface area contributed by atoms with E-state index in [1.165, 1.54) is 10.5 Å². The first-order valence-corrected chi connectivity index (χ1v) is 6.58. The van der Waals surface area contributed by atoms with Gasteiger partial charge in [-0.05, 0) is 43.2 Å². The lowest BCUT2D eigenvalue weighted by Gasteiger charge is -2.06. The third-order valence-corrected chi connectivity index (χ3v) is 3.46. The molecule has 1 rings (SSSR count). The second-order valence-corrected chi connectivity index (χ2v) is 4.99. The molecule has 0 aliphatic rings. The second kappa shape index (κ2) is 7.32. The highest BCUT2D eigenvalue weighted by molar-refractivity contribution is 7.99. The van der Waals surface area contributed by atoms with Gasteiger partial charge < -0.3 is 5.73 Å². The lowest BCUT2D eigenvalue weighted by molar-refractivity contribution is 0.816. The minimum Gasteiger partial charge on any atom is -0.324 e. The minimum atomic E-state index is 0.106. The summed E-state index contributed by atoms with van der Waals surface area (Å²) >= 11 is 1.84. The van der Waals surface area contributed by atoms with Gasteiger partial charge in [0.15, 0.2) is 0 Å². The number of unbranched alkanes of at least 4 members (excludes halogenated alkanes) is 2. The summed E-state index contributed by atoms with van der Waals surface area (Å²) in [6, 6.07) is 10.7. The molecule has 0 spiro atoms. The van der Waals surface area contributed by atoms with Crippen LogP contribution in [0.15, 0.2) is 29.2 Å². The van der Waals surface area contributed by atoms with E-state index in [0.717, 1.165) is 18.6 Å². The van der Waals surface area contributed by atoms with Gasteiger partial charge in [0.25, 0.3) is 0 Å². The number of nitrogens with zero attached hydrogens (tertiary/aromatic N) is 1. The lowest BCUT2D eigenvalue weighted by Crippen LogP contribution is -2.04. The summed E-state index contributed by atoms with van der Waals surface area (Å²) in [5.74, 6) is 1.08. The summed E-state index contributed by atoms with van der Waals surface area (Å²) in [5, 5.41) is 8.40. The Balaban J connectivity index is 2.30. The highest BCUT2D eigenvalue weighted by Gasteiger charge is 1.99. The minimum absolute atomic E-state index is 0.106. The number of benzene rings is 1. The predicted octanol–water partition coefficient (Wildman–Crippen LogP) is 3.49. The van der Waals surface area contributed by atoms with Gasteiger partial charge in [-0.3, -0.25) is 0 Å². The van der Waals surface area contributed by atoms with Crippen LogP contribution in [-0.4, -0.2) is 5.75 Å². The van der Waals surface area contributed by atoms with Crippen LogP contribution in [0.5, 0.6) is 0 Å². The van der Waals surface area contributed by atoms with Crippen molar-refractivity contribution in [2.24, 2.45) is 5.73 Å². The van der Waals surface area contributed by atoms with Crippen molar-refractivity contribution in [2.75, 3.05) is 5.75 Å². The van der Waals surface area contributed by atoms with Crippen LogP contribution >= 0.6 is 11.8 Å². The Bertz CT molecular complexity index is 338. The summed E-state index contributed by atoms with van der Waals surface area (Å²) in [7, 11) is 0. The SMILES string of the molecule is CC(N)c1ccc(SCCCCC#N)cc1. The van der Waals surface area contributed by atoms with Gasteiger partial charge >= 0.3 is 0 Å².